The van der Waals surface area contributed by atoms with Crippen molar-refractivity contribution in [2.24, 2.45) is 0 Å². The molecule has 1 aliphatic heterocycles. The van der Waals surface area contributed by atoms with Gasteiger partial charge in [0.25, 0.3) is 0 Å². The number of hydrogen-bond acceptors (Lipinski definition) is 3. The standard InChI is InChI=1S/C14H20F4N2O2/c1-8-5-20(6-9(2)22-8)11(4-15)12(17)13(18)14(10(3)16)19-7-21/h7-9,11-12H,3-6H2,1-2H3,(H,19,21)/b14-13-/t8?,9?,11?,12-/m1/s1. The zero-order valence-electron chi connectivity index (χ0n) is 12.5. The number of halogens is 4. The van der Waals surface area contributed by atoms with Crippen molar-refractivity contribution < 1.29 is 27.1 Å². The number of ether oxygens (including phenoxy) is 1. The summed E-state index contributed by atoms with van der Waals surface area (Å²) in [6.07, 6.45) is -2.96. The van der Waals surface area contributed by atoms with Crippen molar-refractivity contribution in [3.05, 3.63) is 23.9 Å². The Bertz CT molecular complexity index is 435. The topological polar surface area (TPSA) is 41.6 Å². The molecular formula is C14H20F4N2O2. The van der Waals surface area contributed by atoms with Gasteiger partial charge in [-0.15, -0.1) is 0 Å². The average molecular weight is 324 g/mol. The van der Waals surface area contributed by atoms with E-state index in [1.165, 1.54) is 4.90 Å². The minimum atomic E-state index is -2.43. The summed E-state index contributed by atoms with van der Waals surface area (Å²) in [5.74, 6) is -2.93. The third kappa shape index (κ3) is 4.54. The van der Waals surface area contributed by atoms with E-state index in [1.54, 1.807) is 19.2 Å². The van der Waals surface area contributed by atoms with Gasteiger partial charge in [-0.25, -0.2) is 17.6 Å². The number of allylic oxidation sites excluding steroid dienone is 1. The Kier molecular flexibility index (Phi) is 7.02. The molecule has 22 heavy (non-hydrogen) atoms. The summed E-state index contributed by atoms with van der Waals surface area (Å²) in [5, 5.41) is 1.71. The van der Waals surface area contributed by atoms with Gasteiger partial charge in [0, 0.05) is 13.1 Å². The number of amides is 1. The van der Waals surface area contributed by atoms with Crippen LogP contribution >= 0.6 is 0 Å². The van der Waals surface area contributed by atoms with Gasteiger partial charge < -0.3 is 10.1 Å². The summed E-state index contributed by atoms with van der Waals surface area (Å²) in [4.78, 5) is 11.7. The molecule has 0 spiro atoms. The first-order valence-corrected chi connectivity index (χ1v) is 6.85. The molecule has 0 radical (unpaired) electrons. The molecule has 1 rings (SSSR count). The van der Waals surface area contributed by atoms with Crippen LogP contribution in [0.1, 0.15) is 13.8 Å². The smallest absolute Gasteiger partial charge is 0.211 e. The number of nitrogens with one attached hydrogen (secondary N) is 1. The lowest BCUT2D eigenvalue weighted by atomic mass is 10.1. The molecule has 0 aromatic carbocycles. The van der Waals surface area contributed by atoms with Crippen LogP contribution in [-0.4, -0.2) is 55.5 Å². The Hall–Kier alpha value is -1.41. The van der Waals surface area contributed by atoms with Gasteiger partial charge in [0.2, 0.25) is 6.41 Å². The molecule has 0 bridgehead atoms. The van der Waals surface area contributed by atoms with Gasteiger partial charge in [-0.2, -0.15) is 0 Å². The molecule has 1 heterocycles. The Balaban J connectivity index is 2.99. The van der Waals surface area contributed by atoms with E-state index in [0.717, 1.165) is 0 Å². The van der Waals surface area contributed by atoms with Crippen molar-refractivity contribution in [3.8, 4) is 0 Å². The second-order valence-corrected chi connectivity index (χ2v) is 5.22. The highest BCUT2D eigenvalue weighted by atomic mass is 19.2. The van der Waals surface area contributed by atoms with E-state index >= 15 is 0 Å². The first-order valence-electron chi connectivity index (χ1n) is 6.85. The van der Waals surface area contributed by atoms with Gasteiger partial charge in [0.1, 0.15) is 18.2 Å². The Morgan fingerprint density at radius 2 is 1.95 bits per heavy atom. The molecule has 4 nitrogen and oxygen atoms in total. The van der Waals surface area contributed by atoms with Crippen LogP contribution in [0.5, 0.6) is 0 Å². The van der Waals surface area contributed by atoms with Gasteiger partial charge >= 0.3 is 0 Å². The van der Waals surface area contributed by atoms with Crippen LogP contribution in [0.4, 0.5) is 17.6 Å². The summed E-state index contributed by atoms with van der Waals surface area (Å²) in [5.41, 5.74) is -1.00. The van der Waals surface area contributed by atoms with Crippen molar-refractivity contribution in [2.75, 3.05) is 19.8 Å². The normalized spacial score (nSPS) is 26.8. The fraction of sp³-hybridized carbons (Fsp3) is 0.643. The number of alkyl halides is 2. The highest BCUT2D eigenvalue weighted by Gasteiger charge is 2.36. The second-order valence-electron chi connectivity index (χ2n) is 5.22. The van der Waals surface area contributed by atoms with Crippen molar-refractivity contribution in [3.63, 3.8) is 0 Å². The first kappa shape index (κ1) is 18.6. The predicted octanol–water partition coefficient (Wildman–Crippen LogP) is 2.18. The maximum absolute atomic E-state index is 14.3. The third-order valence-electron chi connectivity index (χ3n) is 3.37. The monoisotopic (exact) mass is 324 g/mol. The molecule has 0 aromatic rings. The van der Waals surface area contributed by atoms with Gasteiger partial charge in [-0.05, 0) is 13.8 Å². The largest absolute Gasteiger partial charge is 0.373 e. The molecule has 1 amide bonds. The van der Waals surface area contributed by atoms with E-state index in [4.69, 9.17) is 4.74 Å². The van der Waals surface area contributed by atoms with Crippen LogP contribution in [0.15, 0.2) is 23.9 Å². The SMILES string of the molecule is C=C(F)/C(NC=O)=C(/F)[C@H](F)C(CF)N1CC(C)OC(C)C1. The maximum atomic E-state index is 14.3. The van der Waals surface area contributed by atoms with Crippen LogP contribution in [0.2, 0.25) is 0 Å². The molecule has 3 unspecified atom stereocenters. The fourth-order valence-corrected chi connectivity index (χ4v) is 2.49. The van der Waals surface area contributed by atoms with E-state index in [9.17, 15) is 22.4 Å². The van der Waals surface area contributed by atoms with Gasteiger partial charge in [-0.1, -0.05) is 6.58 Å². The molecule has 0 aliphatic carbocycles. The van der Waals surface area contributed by atoms with Crippen LogP contribution < -0.4 is 5.32 Å². The molecule has 1 aliphatic rings. The van der Waals surface area contributed by atoms with Gasteiger partial charge in [0.05, 0.1) is 18.2 Å². The molecule has 1 saturated heterocycles. The minimum absolute atomic E-state index is 0.00424. The van der Waals surface area contributed by atoms with Crippen molar-refractivity contribution in [2.45, 2.75) is 38.3 Å². The number of carbonyl (C=O) groups excluding carboxylic acids is 1. The molecule has 8 heteroatoms. The lowest BCUT2D eigenvalue weighted by Gasteiger charge is -2.40. The molecule has 126 valence electrons. The number of rotatable bonds is 7. The number of morpholine rings is 1. The summed E-state index contributed by atoms with van der Waals surface area (Å²) < 4.78 is 60.1. The number of hydrogen-bond donors (Lipinski definition) is 1. The molecule has 4 atom stereocenters. The quantitative estimate of drug-likeness (QED) is 0.443. The molecule has 0 aromatic heterocycles. The number of nitrogens with zero attached hydrogens (tertiary/aromatic N) is 1. The fourth-order valence-electron chi connectivity index (χ4n) is 2.49. The highest BCUT2D eigenvalue weighted by molar-refractivity contribution is 5.53. The van der Waals surface area contributed by atoms with Crippen LogP contribution in [0.25, 0.3) is 0 Å². The third-order valence-corrected chi connectivity index (χ3v) is 3.37. The van der Waals surface area contributed by atoms with Crippen LogP contribution in [-0.2, 0) is 9.53 Å². The number of carbonyl (C=O) groups is 1. The van der Waals surface area contributed by atoms with E-state index in [0.29, 0.717) is 0 Å². The first-order chi connectivity index (χ1) is 10.3. The van der Waals surface area contributed by atoms with Crippen LogP contribution in [0.3, 0.4) is 0 Å². The summed E-state index contributed by atoms with van der Waals surface area (Å²) in [6, 6.07) is -1.43. The summed E-state index contributed by atoms with van der Waals surface area (Å²) >= 11 is 0. The second kappa shape index (κ2) is 8.28. The molecular weight excluding hydrogens is 304 g/mol. The lowest BCUT2D eigenvalue weighted by Crippen LogP contribution is -2.54. The van der Waals surface area contributed by atoms with Crippen molar-refractivity contribution in [1.29, 1.82) is 0 Å². The van der Waals surface area contributed by atoms with Gasteiger partial charge in [0.15, 0.2) is 12.0 Å². The van der Waals surface area contributed by atoms with E-state index < -0.39 is 36.2 Å². The van der Waals surface area contributed by atoms with E-state index in [-0.39, 0.29) is 31.7 Å². The van der Waals surface area contributed by atoms with Gasteiger partial charge in [-0.3, -0.25) is 9.69 Å². The lowest BCUT2D eigenvalue weighted by molar-refractivity contribution is -0.109. The Labute approximate surface area is 126 Å². The van der Waals surface area contributed by atoms with Crippen LogP contribution in [0, 0.1) is 0 Å². The Morgan fingerprint density at radius 1 is 1.41 bits per heavy atom. The van der Waals surface area contributed by atoms with Crippen molar-refractivity contribution >= 4 is 6.41 Å². The average Bonchev–Trinajstić information content (AvgIpc) is 2.43. The summed E-state index contributed by atoms with van der Waals surface area (Å²) in [6.45, 7) is 5.57. The highest BCUT2D eigenvalue weighted by Crippen LogP contribution is 2.25. The van der Waals surface area contributed by atoms with Crippen molar-refractivity contribution in [1.82, 2.24) is 10.2 Å². The Morgan fingerprint density at radius 3 is 2.36 bits per heavy atom. The molecule has 0 saturated carbocycles. The van der Waals surface area contributed by atoms with E-state index in [1.807, 2.05) is 0 Å². The summed E-state index contributed by atoms with van der Waals surface area (Å²) in [7, 11) is 0. The zero-order chi connectivity index (χ0) is 16.9. The maximum Gasteiger partial charge on any atom is 0.211 e. The molecule has 1 N–H and O–H groups in total. The molecule has 1 fully saturated rings. The van der Waals surface area contributed by atoms with E-state index in [2.05, 4.69) is 6.58 Å². The predicted molar refractivity (Wildman–Crippen MR) is 73.8 cm³/mol. The zero-order valence-corrected chi connectivity index (χ0v) is 12.5. The minimum Gasteiger partial charge on any atom is -0.373 e.